The van der Waals surface area contributed by atoms with Gasteiger partial charge in [-0.05, 0) is 36.8 Å². The van der Waals surface area contributed by atoms with E-state index in [1.165, 1.54) is 0 Å². The molecule has 4 nitrogen and oxygen atoms in total. The number of hydrogen-bond acceptors (Lipinski definition) is 3. The van der Waals surface area contributed by atoms with Crippen molar-refractivity contribution in [2.24, 2.45) is 0 Å². The highest BCUT2D eigenvalue weighted by atomic mass is 79.9. The lowest BCUT2D eigenvalue weighted by Gasteiger charge is -2.11. The summed E-state index contributed by atoms with van der Waals surface area (Å²) in [5.74, 6) is -0.320. The number of amides is 1. The van der Waals surface area contributed by atoms with E-state index in [0.29, 0.717) is 22.5 Å². The van der Waals surface area contributed by atoms with E-state index in [9.17, 15) is 4.79 Å². The molecule has 100 valence electrons. The van der Waals surface area contributed by atoms with Crippen molar-refractivity contribution in [2.45, 2.75) is 6.92 Å². The van der Waals surface area contributed by atoms with Crippen LogP contribution in [0.1, 0.15) is 21.5 Å². The molecule has 2 aromatic rings. The fourth-order valence-electron chi connectivity index (χ4n) is 1.90. The zero-order chi connectivity index (χ0) is 14.7. The molecule has 2 aromatic carbocycles. The van der Waals surface area contributed by atoms with Crippen LogP contribution >= 0.6 is 15.9 Å². The number of nitrogens with one attached hydrogen (secondary N) is 1. The second-order valence-electron chi connectivity index (χ2n) is 4.29. The number of carbonyl (C=O) groups excluding carboxylic acids is 1. The maximum Gasteiger partial charge on any atom is 0.258 e. The molecule has 0 radical (unpaired) electrons. The van der Waals surface area contributed by atoms with Crippen molar-refractivity contribution in [1.29, 1.82) is 5.26 Å². The first-order chi connectivity index (χ1) is 9.52. The predicted molar refractivity (Wildman–Crippen MR) is 82.4 cm³/mol. The fraction of sp³-hybridized carbons (Fsp3) is 0.0667. The second kappa shape index (κ2) is 5.76. The summed E-state index contributed by atoms with van der Waals surface area (Å²) in [4.78, 5) is 12.3. The minimum atomic E-state index is -0.320. The monoisotopic (exact) mass is 329 g/mol. The smallest absolute Gasteiger partial charge is 0.258 e. The van der Waals surface area contributed by atoms with Crippen molar-refractivity contribution in [1.82, 2.24) is 0 Å². The number of nitriles is 1. The number of nitrogens with two attached hydrogens (primary N) is 1. The molecule has 0 saturated carbocycles. The molecule has 0 bridgehead atoms. The number of halogens is 1. The Bertz CT molecular complexity index is 699. The Balaban J connectivity index is 2.36. The van der Waals surface area contributed by atoms with Crippen LogP contribution in [0.5, 0.6) is 0 Å². The maximum atomic E-state index is 12.3. The minimum absolute atomic E-state index is 0.320. The first-order valence-electron chi connectivity index (χ1n) is 5.89. The van der Waals surface area contributed by atoms with E-state index >= 15 is 0 Å². The summed E-state index contributed by atoms with van der Waals surface area (Å²) in [7, 11) is 0. The van der Waals surface area contributed by atoms with E-state index in [0.717, 1.165) is 10.0 Å². The van der Waals surface area contributed by atoms with Gasteiger partial charge in [-0.15, -0.1) is 0 Å². The number of hydrogen-bond donors (Lipinski definition) is 2. The summed E-state index contributed by atoms with van der Waals surface area (Å²) in [6.45, 7) is 1.82. The average molecular weight is 330 g/mol. The van der Waals surface area contributed by atoms with Crippen molar-refractivity contribution < 1.29 is 4.79 Å². The Hall–Kier alpha value is -2.32. The van der Waals surface area contributed by atoms with Gasteiger partial charge in [0.15, 0.2) is 0 Å². The van der Waals surface area contributed by atoms with Crippen LogP contribution in [0, 0.1) is 18.3 Å². The van der Waals surface area contributed by atoms with Gasteiger partial charge in [0, 0.05) is 10.2 Å². The number of carbonyl (C=O) groups is 1. The van der Waals surface area contributed by atoms with Gasteiger partial charge in [0.05, 0.1) is 16.8 Å². The highest BCUT2D eigenvalue weighted by Crippen LogP contribution is 2.23. The molecule has 0 spiro atoms. The SMILES string of the molecule is Cc1cccc(N)c1C(=O)Nc1ccc(Br)cc1C#N. The maximum absolute atomic E-state index is 12.3. The van der Waals surface area contributed by atoms with Crippen molar-refractivity contribution in [3.8, 4) is 6.07 Å². The molecule has 0 atom stereocenters. The summed E-state index contributed by atoms with van der Waals surface area (Å²) in [6.07, 6.45) is 0. The molecule has 1 amide bonds. The predicted octanol–water partition coefficient (Wildman–Crippen LogP) is 3.46. The van der Waals surface area contributed by atoms with E-state index in [2.05, 4.69) is 21.2 Å². The fourth-order valence-corrected chi connectivity index (χ4v) is 2.26. The van der Waals surface area contributed by atoms with E-state index in [1.54, 1.807) is 30.3 Å². The molecule has 2 rings (SSSR count). The van der Waals surface area contributed by atoms with E-state index in [1.807, 2.05) is 19.1 Å². The molecule has 0 fully saturated rings. The number of benzene rings is 2. The molecule has 0 aromatic heterocycles. The van der Waals surface area contributed by atoms with Gasteiger partial charge in [-0.2, -0.15) is 5.26 Å². The highest BCUT2D eigenvalue weighted by Gasteiger charge is 2.14. The van der Waals surface area contributed by atoms with Gasteiger partial charge in [0.25, 0.3) is 5.91 Å². The third-order valence-electron chi connectivity index (χ3n) is 2.88. The molecule has 3 N–H and O–H groups in total. The Labute approximate surface area is 125 Å². The molecule has 0 aliphatic heterocycles. The summed E-state index contributed by atoms with van der Waals surface area (Å²) in [6, 6.07) is 12.4. The molecule has 0 saturated heterocycles. The minimum Gasteiger partial charge on any atom is -0.398 e. The van der Waals surface area contributed by atoms with Crippen molar-refractivity contribution >= 4 is 33.2 Å². The molecular formula is C15H12BrN3O. The first kappa shape index (κ1) is 14.1. The van der Waals surface area contributed by atoms with Gasteiger partial charge in [-0.25, -0.2) is 0 Å². The lowest BCUT2D eigenvalue weighted by atomic mass is 10.1. The third-order valence-corrected chi connectivity index (χ3v) is 3.38. The van der Waals surface area contributed by atoms with Gasteiger partial charge < -0.3 is 11.1 Å². The Morgan fingerprint density at radius 1 is 1.35 bits per heavy atom. The van der Waals surface area contributed by atoms with Crippen LogP contribution in [-0.4, -0.2) is 5.91 Å². The van der Waals surface area contributed by atoms with Crippen LogP contribution in [0.4, 0.5) is 11.4 Å². The Kier molecular flexibility index (Phi) is 4.06. The van der Waals surface area contributed by atoms with Gasteiger partial charge in [0.1, 0.15) is 6.07 Å². The first-order valence-corrected chi connectivity index (χ1v) is 6.68. The van der Waals surface area contributed by atoms with Crippen LogP contribution in [-0.2, 0) is 0 Å². The Morgan fingerprint density at radius 3 is 2.75 bits per heavy atom. The van der Waals surface area contributed by atoms with Crippen LogP contribution in [0.25, 0.3) is 0 Å². The summed E-state index contributed by atoms with van der Waals surface area (Å²) < 4.78 is 0.780. The topological polar surface area (TPSA) is 78.9 Å². The second-order valence-corrected chi connectivity index (χ2v) is 5.21. The van der Waals surface area contributed by atoms with Crippen LogP contribution in [0.3, 0.4) is 0 Å². The van der Waals surface area contributed by atoms with Crippen LogP contribution in [0.2, 0.25) is 0 Å². The van der Waals surface area contributed by atoms with Crippen LogP contribution in [0.15, 0.2) is 40.9 Å². The highest BCUT2D eigenvalue weighted by molar-refractivity contribution is 9.10. The summed E-state index contributed by atoms with van der Waals surface area (Å²) in [5, 5.41) is 11.8. The van der Waals surface area contributed by atoms with Crippen molar-refractivity contribution in [3.05, 3.63) is 57.6 Å². The molecule has 20 heavy (non-hydrogen) atoms. The van der Waals surface area contributed by atoms with Crippen molar-refractivity contribution in [2.75, 3.05) is 11.1 Å². The summed E-state index contributed by atoms with van der Waals surface area (Å²) in [5.41, 5.74) is 8.32. The average Bonchev–Trinajstić information content (AvgIpc) is 2.40. The number of nitrogen functional groups attached to an aromatic ring is 1. The number of aryl methyl sites for hydroxylation is 1. The third kappa shape index (κ3) is 2.81. The van der Waals surface area contributed by atoms with Gasteiger partial charge in [-0.3, -0.25) is 4.79 Å². The quantitative estimate of drug-likeness (QED) is 0.828. The van der Waals surface area contributed by atoms with E-state index < -0.39 is 0 Å². The molecular weight excluding hydrogens is 318 g/mol. The van der Waals surface area contributed by atoms with E-state index in [4.69, 9.17) is 11.0 Å². The van der Waals surface area contributed by atoms with Gasteiger partial charge >= 0.3 is 0 Å². The molecule has 5 heteroatoms. The van der Waals surface area contributed by atoms with Gasteiger partial charge in [0.2, 0.25) is 0 Å². The molecule has 0 aliphatic rings. The Morgan fingerprint density at radius 2 is 2.10 bits per heavy atom. The zero-order valence-electron chi connectivity index (χ0n) is 10.8. The number of nitrogens with zero attached hydrogens (tertiary/aromatic N) is 1. The van der Waals surface area contributed by atoms with Crippen molar-refractivity contribution in [3.63, 3.8) is 0 Å². The summed E-state index contributed by atoms with van der Waals surface area (Å²) >= 11 is 3.29. The lowest BCUT2D eigenvalue weighted by Crippen LogP contribution is -2.16. The molecule has 0 unspecified atom stereocenters. The van der Waals surface area contributed by atoms with Crippen LogP contribution < -0.4 is 11.1 Å². The molecule has 0 aliphatic carbocycles. The zero-order valence-corrected chi connectivity index (χ0v) is 12.4. The van der Waals surface area contributed by atoms with E-state index in [-0.39, 0.29) is 5.91 Å². The largest absolute Gasteiger partial charge is 0.398 e. The molecule has 0 heterocycles. The van der Waals surface area contributed by atoms with Gasteiger partial charge in [-0.1, -0.05) is 28.1 Å². The number of rotatable bonds is 2. The lowest BCUT2D eigenvalue weighted by molar-refractivity contribution is 0.102. The standard InChI is InChI=1S/C15H12BrN3O/c1-9-3-2-4-12(18)14(9)15(20)19-13-6-5-11(16)7-10(13)8-17/h2-7H,18H2,1H3,(H,19,20). The normalized spacial score (nSPS) is 9.85. The number of anilines is 2.